The number of aromatic nitrogens is 5. The van der Waals surface area contributed by atoms with E-state index in [0.717, 1.165) is 11.4 Å². The van der Waals surface area contributed by atoms with Crippen molar-refractivity contribution in [3.63, 3.8) is 0 Å². The molecule has 1 saturated heterocycles. The predicted octanol–water partition coefficient (Wildman–Crippen LogP) is 0.0157. The Balaban J connectivity index is 1.65. The molecule has 4 rings (SSSR count). The largest absolute Gasteiger partial charge is 0.394 e. The summed E-state index contributed by atoms with van der Waals surface area (Å²) in [5, 5.41) is 30.2. The van der Waals surface area contributed by atoms with Crippen LogP contribution in [0.1, 0.15) is 17.6 Å². The fourth-order valence-corrected chi connectivity index (χ4v) is 4.01. The van der Waals surface area contributed by atoms with Gasteiger partial charge >= 0.3 is 0 Å². The molecule has 0 radical (unpaired) electrons. The van der Waals surface area contributed by atoms with Gasteiger partial charge in [0.25, 0.3) is 0 Å². The first-order chi connectivity index (χ1) is 13.5. The molecule has 0 bridgehead atoms. The molecule has 0 spiro atoms. The lowest BCUT2D eigenvalue weighted by atomic mass is 10.1. The lowest BCUT2D eigenvalue weighted by Gasteiger charge is -2.16. The van der Waals surface area contributed by atoms with E-state index in [1.165, 1.54) is 22.7 Å². The molecule has 0 saturated carbocycles. The highest BCUT2D eigenvalue weighted by Crippen LogP contribution is 2.34. The molecule has 0 aromatic carbocycles. The monoisotopic (exact) mass is 404 g/mol. The summed E-state index contributed by atoms with van der Waals surface area (Å²) in [5.74, 6) is 0.634. The lowest BCUT2D eigenvalue weighted by molar-refractivity contribution is -0.0511. The zero-order valence-corrected chi connectivity index (χ0v) is 15.8. The maximum Gasteiger partial charge on any atom is 0.223 e. The van der Waals surface area contributed by atoms with E-state index in [1.807, 2.05) is 25.1 Å². The minimum atomic E-state index is -1.24. The number of nitrogens with zero attached hydrogens (tertiary/aromatic N) is 5. The number of rotatable bonds is 5. The van der Waals surface area contributed by atoms with E-state index in [1.54, 1.807) is 0 Å². The van der Waals surface area contributed by atoms with Crippen LogP contribution in [0, 0.1) is 6.92 Å². The van der Waals surface area contributed by atoms with Gasteiger partial charge in [-0.25, -0.2) is 9.97 Å². The normalized spacial score (nSPS) is 24.9. The highest BCUT2D eigenvalue weighted by molar-refractivity contribution is 7.98. The molecular weight excluding hydrogens is 384 g/mol. The summed E-state index contributed by atoms with van der Waals surface area (Å²) in [4.78, 5) is 17.3. The standard InChI is InChI=1S/C17H20N6O4S/c1-8-3-2-4-9(20-8)6-28-15-11-14(21-17(18)22-15)23(7-19-11)16-13(26)12(25)10(5-24)27-16/h2-4,7,10,12-13,16,24-26H,5-6H2,1H3,(H2,18,21,22)/t10-,12+,13-,16-/m0/s1. The van der Waals surface area contributed by atoms with Gasteiger partial charge in [0, 0.05) is 11.4 Å². The number of ether oxygens (including phenoxy) is 1. The number of imidazole rings is 1. The number of hydrogen-bond donors (Lipinski definition) is 4. The topological polar surface area (TPSA) is 152 Å². The summed E-state index contributed by atoms with van der Waals surface area (Å²) in [5.41, 5.74) is 8.59. The number of nitrogens with two attached hydrogens (primary N) is 1. The summed E-state index contributed by atoms with van der Waals surface area (Å²) >= 11 is 1.43. The Morgan fingerprint density at radius 2 is 2.04 bits per heavy atom. The Labute approximate surface area is 164 Å². The van der Waals surface area contributed by atoms with E-state index in [9.17, 15) is 15.3 Å². The predicted molar refractivity (Wildman–Crippen MR) is 101 cm³/mol. The number of hydrogen-bond acceptors (Lipinski definition) is 10. The van der Waals surface area contributed by atoms with Gasteiger partial charge in [-0.15, -0.1) is 0 Å². The Morgan fingerprint density at radius 1 is 1.21 bits per heavy atom. The minimum absolute atomic E-state index is 0.0562. The molecular formula is C17H20N6O4S. The smallest absolute Gasteiger partial charge is 0.223 e. The second-order valence-electron chi connectivity index (χ2n) is 6.50. The van der Waals surface area contributed by atoms with E-state index in [4.69, 9.17) is 10.5 Å². The number of fused-ring (bicyclic) bond motifs is 1. The van der Waals surface area contributed by atoms with Gasteiger partial charge in [0.15, 0.2) is 11.9 Å². The number of nitrogen functional groups attached to an aromatic ring is 1. The SMILES string of the molecule is Cc1cccc(CSc2nc(N)nc3c2ncn3[C@H]2O[C@@H](CO)[C@@H](O)[C@@H]2O)n1. The quantitative estimate of drug-likeness (QED) is 0.338. The van der Waals surface area contributed by atoms with Crippen LogP contribution in [-0.4, -0.2) is 64.7 Å². The molecule has 5 N–H and O–H groups in total. The van der Waals surface area contributed by atoms with Gasteiger partial charge < -0.3 is 25.8 Å². The molecule has 11 heteroatoms. The summed E-state index contributed by atoms with van der Waals surface area (Å²) in [6.07, 6.45) is -2.83. The molecule has 10 nitrogen and oxygen atoms in total. The number of aliphatic hydroxyl groups is 3. The highest BCUT2D eigenvalue weighted by Gasteiger charge is 2.44. The first-order valence-electron chi connectivity index (χ1n) is 8.65. The van der Waals surface area contributed by atoms with Crippen LogP contribution in [0.15, 0.2) is 29.6 Å². The fourth-order valence-electron chi connectivity index (χ4n) is 3.13. The van der Waals surface area contributed by atoms with E-state index >= 15 is 0 Å². The maximum absolute atomic E-state index is 10.3. The van der Waals surface area contributed by atoms with Crippen molar-refractivity contribution in [2.45, 2.75) is 42.2 Å². The van der Waals surface area contributed by atoms with Crippen LogP contribution < -0.4 is 5.73 Å². The summed E-state index contributed by atoms with van der Waals surface area (Å²) in [6.45, 7) is 1.51. The zero-order chi connectivity index (χ0) is 19.8. The van der Waals surface area contributed by atoms with Gasteiger partial charge in [0.2, 0.25) is 5.95 Å². The van der Waals surface area contributed by atoms with Crippen molar-refractivity contribution in [2.75, 3.05) is 12.3 Å². The van der Waals surface area contributed by atoms with Gasteiger partial charge in [0.1, 0.15) is 28.9 Å². The van der Waals surface area contributed by atoms with Crippen molar-refractivity contribution >= 4 is 28.9 Å². The van der Waals surface area contributed by atoms with Crippen LogP contribution in [0.3, 0.4) is 0 Å². The molecule has 0 amide bonds. The minimum Gasteiger partial charge on any atom is -0.394 e. The van der Waals surface area contributed by atoms with Crippen LogP contribution in [-0.2, 0) is 10.5 Å². The van der Waals surface area contributed by atoms with Gasteiger partial charge in [0.05, 0.1) is 18.6 Å². The van der Waals surface area contributed by atoms with Crippen LogP contribution >= 0.6 is 11.8 Å². The number of anilines is 1. The third kappa shape index (κ3) is 3.42. The second-order valence-corrected chi connectivity index (χ2v) is 7.46. The molecule has 148 valence electrons. The van der Waals surface area contributed by atoms with E-state index in [0.29, 0.717) is 21.9 Å². The zero-order valence-electron chi connectivity index (χ0n) is 15.0. The molecule has 1 fully saturated rings. The Morgan fingerprint density at radius 3 is 2.75 bits per heavy atom. The van der Waals surface area contributed by atoms with Crippen molar-refractivity contribution in [3.8, 4) is 0 Å². The molecule has 0 unspecified atom stereocenters. The first-order valence-corrected chi connectivity index (χ1v) is 9.64. The Hall–Kier alpha value is -2.31. The number of aliphatic hydroxyl groups excluding tert-OH is 3. The van der Waals surface area contributed by atoms with Crippen molar-refractivity contribution in [1.82, 2.24) is 24.5 Å². The van der Waals surface area contributed by atoms with Crippen LogP contribution in [0.25, 0.3) is 11.2 Å². The Kier molecular flexibility index (Phi) is 5.17. The van der Waals surface area contributed by atoms with Crippen molar-refractivity contribution in [2.24, 2.45) is 0 Å². The first kappa shape index (κ1) is 19.0. The van der Waals surface area contributed by atoms with Crippen molar-refractivity contribution < 1.29 is 20.1 Å². The molecule has 4 heterocycles. The van der Waals surface area contributed by atoms with Crippen molar-refractivity contribution in [3.05, 3.63) is 35.9 Å². The van der Waals surface area contributed by atoms with E-state index in [2.05, 4.69) is 19.9 Å². The van der Waals surface area contributed by atoms with Crippen LogP contribution in [0.5, 0.6) is 0 Å². The molecule has 28 heavy (non-hydrogen) atoms. The summed E-state index contributed by atoms with van der Waals surface area (Å²) < 4.78 is 7.06. The van der Waals surface area contributed by atoms with Gasteiger partial charge in [-0.1, -0.05) is 17.8 Å². The Bertz CT molecular complexity index is 999. The molecule has 0 aliphatic carbocycles. The van der Waals surface area contributed by atoms with E-state index < -0.39 is 31.1 Å². The third-order valence-corrected chi connectivity index (χ3v) is 5.50. The number of thioether (sulfide) groups is 1. The van der Waals surface area contributed by atoms with Gasteiger partial charge in [-0.05, 0) is 19.1 Å². The molecule has 1 aliphatic heterocycles. The summed E-state index contributed by atoms with van der Waals surface area (Å²) in [7, 11) is 0. The average molecular weight is 404 g/mol. The third-order valence-electron chi connectivity index (χ3n) is 4.50. The van der Waals surface area contributed by atoms with Crippen LogP contribution in [0.4, 0.5) is 5.95 Å². The molecule has 1 aliphatic rings. The van der Waals surface area contributed by atoms with Gasteiger partial charge in [-0.2, -0.15) is 4.98 Å². The second kappa shape index (κ2) is 7.60. The van der Waals surface area contributed by atoms with Crippen molar-refractivity contribution in [1.29, 1.82) is 0 Å². The molecule has 4 atom stereocenters. The number of aryl methyl sites for hydroxylation is 1. The maximum atomic E-state index is 10.3. The molecule has 3 aromatic heterocycles. The average Bonchev–Trinajstić information content (AvgIpc) is 3.21. The van der Waals surface area contributed by atoms with E-state index in [-0.39, 0.29) is 5.95 Å². The number of pyridine rings is 1. The van der Waals surface area contributed by atoms with Gasteiger partial charge in [-0.3, -0.25) is 9.55 Å². The molecule has 3 aromatic rings. The lowest BCUT2D eigenvalue weighted by Crippen LogP contribution is -2.33. The fraction of sp³-hybridized carbons (Fsp3) is 0.412. The van der Waals surface area contributed by atoms with Crippen LogP contribution in [0.2, 0.25) is 0 Å². The highest BCUT2D eigenvalue weighted by atomic mass is 32.2. The summed E-state index contributed by atoms with van der Waals surface area (Å²) in [6, 6.07) is 5.80.